The van der Waals surface area contributed by atoms with Crippen molar-refractivity contribution in [3.63, 3.8) is 0 Å². The number of halogens is 1. The number of nitrogens with zero attached hydrogens (tertiary/aromatic N) is 2. The van der Waals surface area contributed by atoms with E-state index in [-0.39, 0.29) is 17.0 Å². The van der Waals surface area contributed by atoms with Gasteiger partial charge in [-0.1, -0.05) is 65.4 Å². The average molecular weight is 557 g/mol. The number of fused-ring (bicyclic) bond motifs is 1. The fourth-order valence-corrected chi connectivity index (χ4v) is 5.61. The Hall–Kier alpha value is -4.53. The third kappa shape index (κ3) is 4.65. The van der Waals surface area contributed by atoms with Gasteiger partial charge in [-0.25, -0.2) is 4.98 Å². The van der Waals surface area contributed by atoms with Crippen molar-refractivity contribution in [3.8, 4) is 33.8 Å². The minimum absolute atomic E-state index is 0.0359. The Labute approximate surface area is 232 Å². The Balaban J connectivity index is 1.52. The van der Waals surface area contributed by atoms with Gasteiger partial charge in [-0.3, -0.25) is 9.36 Å². The molecule has 0 aliphatic carbocycles. The van der Waals surface area contributed by atoms with E-state index in [0.717, 1.165) is 10.3 Å². The second-order valence-electron chi connectivity index (χ2n) is 8.88. The Morgan fingerprint density at radius 1 is 1.03 bits per heavy atom. The largest absolute Gasteiger partial charge is 0.503 e. The minimum atomic E-state index is -0.579. The third-order valence-electron chi connectivity index (χ3n) is 6.20. The summed E-state index contributed by atoms with van der Waals surface area (Å²) in [7, 11) is 0. The highest BCUT2D eigenvalue weighted by Gasteiger charge is 2.32. The van der Waals surface area contributed by atoms with E-state index in [2.05, 4.69) is 4.98 Å². The lowest BCUT2D eigenvalue weighted by Crippen LogP contribution is -2.04. The number of thiazole rings is 1. The number of furan rings is 1. The van der Waals surface area contributed by atoms with E-state index < -0.39 is 17.4 Å². The van der Waals surface area contributed by atoms with Gasteiger partial charge in [0.05, 0.1) is 21.5 Å². The quantitative estimate of drug-likeness (QED) is 0.197. The maximum atomic E-state index is 13.6. The lowest BCUT2D eigenvalue weighted by Gasteiger charge is -2.11. The molecule has 0 atom stereocenters. The van der Waals surface area contributed by atoms with Crippen LogP contribution in [0, 0.1) is 6.92 Å². The van der Waals surface area contributed by atoms with Crippen LogP contribution in [0.3, 0.4) is 0 Å². The van der Waals surface area contributed by atoms with E-state index in [1.165, 1.54) is 22.0 Å². The number of carbonyl (C=O) groups is 1. The van der Waals surface area contributed by atoms with Gasteiger partial charge in [0.25, 0.3) is 0 Å². The normalized spacial score (nSPS) is 11.2. The van der Waals surface area contributed by atoms with Crippen LogP contribution in [-0.2, 0) is 6.61 Å². The van der Waals surface area contributed by atoms with Crippen molar-refractivity contribution in [1.82, 2.24) is 9.55 Å². The molecule has 3 aromatic carbocycles. The maximum absolute atomic E-state index is 13.6. The number of aromatic hydroxyl groups is 2. The molecule has 194 valence electrons. The summed E-state index contributed by atoms with van der Waals surface area (Å²) in [6.07, 6.45) is 0. The Morgan fingerprint density at radius 3 is 2.62 bits per heavy atom. The van der Waals surface area contributed by atoms with Crippen LogP contribution in [0.15, 0.2) is 89.3 Å². The maximum Gasteiger partial charge on any atom is 0.242 e. The van der Waals surface area contributed by atoms with E-state index in [9.17, 15) is 15.0 Å². The van der Waals surface area contributed by atoms with Gasteiger partial charge in [0.1, 0.15) is 18.1 Å². The molecule has 0 unspecified atom stereocenters. The predicted octanol–water partition coefficient (Wildman–Crippen LogP) is 7.53. The molecule has 3 aromatic heterocycles. The lowest BCUT2D eigenvalue weighted by molar-refractivity contribution is 0.101. The van der Waals surface area contributed by atoms with Crippen LogP contribution < -0.4 is 4.74 Å². The van der Waals surface area contributed by atoms with Gasteiger partial charge in [-0.15, -0.1) is 0 Å². The molecule has 0 bridgehead atoms. The molecule has 0 amide bonds. The van der Waals surface area contributed by atoms with Crippen molar-refractivity contribution in [1.29, 1.82) is 0 Å². The van der Waals surface area contributed by atoms with Crippen LogP contribution in [0.4, 0.5) is 0 Å². The van der Waals surface area contributed by atoms with Crippen molar-refractivity contribution in [2.45, 2.75) is 13.5 Å². The first-order chi connectivity index (χ1) is 18.9. The zero-order valence-corrected chi connectivity index (χ0v) is 22.2. The monoisotopic (exact) mass is 556 g/mol. The molecule has 0 spiro atoms. The lowest BCUT2D eigenvalue weighted by atomic mass is 10.0. The molecule has 9 heteroatoms. The highest BCUT2D eigenvalue weighted by atomic mass is 35.5. The SMILES string of the molecule is Cc1ccc(C(=O)c2c(O)c(O)n(-c3nc4ccc(Cl)cc4s3)c2-c2cccc(OCc3ccccc3)c2)o1. The topological polar surface area (TPSA) is 97.7 Å². The van der Waals surface area contributed by atoms with Gasteiger partial charge in [-0.2, -0.15) is 0 Å². The van der Waals surface area contributed by atoms with Gasteiger partial charge in [0.2, 0.25) is 11.7 Å². The Bertz CT molecular complexity index is 1840. The molecule has 0 saturated heterocycles. The van der Waals surface area contributed by atoms with E-state index >= 15 is 0 Å². The first-order valence-electron chi connectivity index (χ1n) is 12.0. The summed E-state index contributed by atoms with van der Waals surface area (Å²) in [5, 5.41) is 23.1. The van der Waals surface area contributed by atoms with E-state index in [4.69, 9.17) is 20.8 Å². The Morgan fingerprint density at radius 2 is 1.85 bits per heavy atom. The molecular weight excluding hydrogens is 536 g/mol. The number of hydrogen-bond donors (Lipinski definition) is 2. The highest BCUT2D eigenvalue weighted by Crippen LogP contribution is 2.46. The van der Waals surface area contributed by atoms with Crippen molar-refractivity contribution in [3.05, 3.63) is 113 Å². The van der Waals surface area contributed by atoms with Crippen molar-refractivity contribution in [2.24, 2.45) is 0 Å². The number of ketones is 1. The fraction of sp³-hybridized carbons (Fsp3) is 0.0667. The molecular formula is C30H21ClN2O5S. The molecule has 6 rings (SSSR count). The second kappa shape index (κ2) is 9.98. The third-order valence-corrected chi connectivity index (χ3v) is 7.44. The molecule has 0 fully saturated rings. The molecule has 0 aliphatic heterocycles. The minimum Gasteiger partial charge on any atom is -0.503 e. The number of hydrogen-bond acceptors (Lipinski definition) is 7. The van der Waals surface area contributed by atoms with Crippen molar-refractivity contribution in [2.75, 3.05) is 0 Å². The molecule has 2 N–H and O–H groups in total. The first kappa shape index (κ1) is 24.8. The van der Waals surface area contributed by atoms with Crippen LogP contribution >= 0.6 is 22.9 Å². The molecule has 0 aliphatic rings. The van der Waals surface area contributed by atoms with Crippen LogP contribution in [-0.4, -0.2) is 25.5 Å². The molecule has 6 aromatic rings. The number of rotatable bonds is 7. The number of ether oxygens (including phenoxy) is 1. The summed E-state index contributed by atoms with van der Waals surface area (Å²) in [5.41, 5.74) is 2.32. The Kier molecular flexibility index (Phi) is 6.34. The summed E-state index contributed by atoms with van der Waals surface area (Å²) < 4.78 is 13.7. The highest BCUT2D eigenvalue weighted by molar-refractivity contribution is 7.20. The van der Waals surface area contributed by atoms with Gasteiger partial charge in [-0.05, 0) is 55.0 Å². The fourth-order valence-electron chi connectivity index (χ4n) is 4.36. The number of aromatic nitrogens is 2. The summed E-state index contributed by atoms with van der Waals surface area (Å²) in [4.78, 5) is 18.3. The second-order valence-corrected chi connectivity index (χ2v) is 10.3. The molecule has 39 heavy (non-hydrogen) atoms. The van der Waals surface area contributed by atoms with Crippen molar-refractivity contribution < 1.29 is 24.2 Å². The summed E-state index contributed by atoms with van der Waals surface area (Å²) in [6.45, 7) is 2.07. The first-order valence-corrected chi connectivity index (χ1v) is 13.2. The number of carbonyl (C=O) groups excluding carboxylic acids is 1. The van der Waals surface area contributed by atoms with Gasteiger partial charge >= 0.3 is 0 Å². The van der Waals surface area contributed by atoms with E-state index in [1.807, 2.05) is 30.3 Å². The summed E-state index contributed by atoms with van der Waals surface area (Å²) in [5.74, 6) is -0.540. The molecule has 0 saturated carbocycles. The zero-order chi connectivity index (χ0) is 27.1. The molecule has 0 radical (unpaired) electrons. The van der Waals surface area contributed by atoms with Gasteiger partial charge < -0.3 is 19.4 Å². The summed E-state index contributed by atoms with van der Waals surface area (Å²) >= 11 is 7.44. The van der Waals surface area contributed by atoms with Gasteiger partial charge in [0.15, 0.2) is 16.6 Å². The molecule has 3 heterocycles. The average Bonchev–Trinajstić information content (AvgIpc) is 3.63. The zero-order valence-electron chi connectivity index (χ0n) is 20.6. The van der Waals surface area contributed by atoms with Crippen LogP contribution in [0.25, 0.3) is 26.6 Å². The standard InChI is InChI=1S/C30H21ClN2O5S/c1-17-10-13-23(38-17)27(34)25-26(19-8-5-9-21(14-19)37-16-18-6-3-2-4-7-18)33(29(36)28(25)35)30-32-22-12-11-20(31)15-24(22)39-30/h2-15,35-36H,16H2,1H3. The summed E-state index contributed by atoms with van der Waals surface area (Å²) in [6, 6.07) is 25.3. The van der Waals surface area contributed by atoms with Gasteiger partial charge in [0, 0.05) is 10.6 Å². The number of aryl methyl sites for hydroxylation is 1. The predicted molar refractivity (Wildman–Crippen MR) is 150 cm³/mol. The molecule has 7 nitrogen and oxygen atoms in total. The van der Waals surface area contributed by atoms with Crippen LogP contribution in [0.5, 0.6) is 17.4 Å². The van der Waals surface area contributed by atoms with Crippen molar-refractivity contribution >= 4 is 38.9 Å². The van der Waals surface area contributed by atoms with E-state index in [0.29, 0.717) is 39.4 Å². The smallest absolute Gasteiger partial charge is 0.242 e. The van der Waals surface area contributed by atoms with Crippen LogP contribution in [0.2, 0.25) is 5.02 Å². The van der Waals surface area contributed by atoms with E-state index in [1.54, 1.807) is 55.5 Å². The van der Waals surface area contributed by atoms with Crippen LogP contribution in [0.1, 0.15) is 27.4 Å². The number of benzene rings is 3.